The summed E-state index contributed by atoms with van der Waals surface area (Å²) in [6.07, 6.45) is 3.75. The van der Waals surface area contributed by atoms with Gasteiger partial charge in [0, 0.05) is 16.6 Å². The van der Waals surface area contributed by atoms with E-state index in [4.69, 9.17) is 10.2 Å². The van der Waals surface area contributed by atoms with Crippen molar-refractivity contribution in [2.75, 3.05) is 12.4 Å². The van der Waals surface area contributed by atoms with Crippen LogP contribution < -0.4 is 11.1 Å². The molecule has 24 heavy (non-hydrogen) atoms. The number of carbonyl (C=O) groups excluding carboxylic acids is 2. The summed E-state index contributed by atoms with van der Waals surface area (Å²) < 4.78 is 10.1. The Morgan fingerprint density at radius 1 is 1.33 bits per heavy atom. The van der Waals surface area contributed by atoms with Gasteiger partial charge in [0.15, 0.2) is 0 Å². The molecule has 1 fully saturated rings. The number of fused-ring (bicyclic) bond motifs is 1. The van der Waals surface area contributed by atoms with Crippen molar-refractivity contribution in [3.8, 4) is 0 Å². The summed E-state index contributed by atoms with van der Waals surface area (Å²) >= 11 is 0. The first-order chi connectivity index (χ1) is 11.4. The lowest BCUT2D eigenvalue weighted by Gasteiger charge is -2.37. The molecule has 2 unspecified atom stereocenters. The number of hydrogen-bond acceptors (Lipinski definition) is 5. The summed E-state index contributed by atoms with van der Waals surface area (Å²) in [5.74, 6) is -0.650. The molecule has 2 atom stereocenters. The highest BCUT2D eigenvalue weighted by Crippen LogP contribution is 2.33. The molecule has 1 aliphatic rings. The lowest BCUT2D eigenvalue weighted by atomic mass is 9.74. The number of esters is 1. The first-order valence-corrected chi connectivity index (χ1v) is 8.12. The number of amides is 1. The molecule has 6 nitrogen and oxygen atoms in total. The van der Waals surface area contributed by atoms with Gasteiger partial charge in [-0.15, -0.1) is 0 Å². The van der Waals surface area contributed by atoms with E-state index in [0.29, 0.717) is 11.3 Å². The number of rotatable bonds is 3. The van der Waals surface area contributed by atoms with Crippen LogP contribution in [-0.2, 0) is 9.53 Å². The Morgan fingerprint density at radius 2 is 2.12 bits per heavy atom. The molecule has 128 valence electrons. The highest BCUT2D eigenvalue weighted by Gasteiger charge is 2.37. The SMILES string of the molecule is COC(=O)c1cc2cc(NC(=O)C3CCCCC3(C)N)ccc2o1. The molecule has 0 aliphatic heterocycles. The molecule has 0 radical (unpaired) electrons. The van der Waals surface area contributed by atoms with Gasteiger partial charge in [0.05, 0.1) is 13.0 Å². The first-order valence-electron chi connectivity index (χ1n) is 8.12. The standard InChI is InChI=1S/C18H22N2O4/c1-18(19)8-4-3-5-13(18)16(21)20-12-6-7-14-11(9-12)10-15(24-14)17(22)23-2/h6-7,9-10,13H,3-5,8,19H2,1-2H3,(H,20,21). The molecule has 6 heteroatoms. The number of furan rings is 1. The minimum atomic E-state index is -0.530. The molecule has 1 heterocycles. The van der Waals surface area contributed by atoms with Crippen LogP contribution in [0.1, 0.15) is 43.2 Å². The second kappa shape index (κ2) is 6.28. The highest BCUT2D eigenvalue weighted by molar-refractivity contribution is 5.97. The van der Waals surface area contributed by atoms with Crippen LogP contribution in [0.4, 0.5) is 5.69 Å². The number of nitrogens with two attached hydrogens (primary N) is 1. The lowest BCUT2D eigenvalue weighted by Crippen LogP contribution is -2.51. The number of benzene rings is 1. The van der Waals surface area contributed by atoms with Crippen LogP contribution in [0.15, 0.2) is 28.7 Å². The Bertz CT molecular complexity index is 778. The van der Waals surface area contributed by atoms with Crippen molar-refractivity contribution in [2.45, 2.75) is 38.1 Å². The van der Waals surface area contributed by atoms with E-state index in [0.717, 1.165) is 31.1 Å². The van der Waals surface area contributed by atoms with E-state index in [9.17, 15) is 9.59 Å². The third-order valence-electron chi connectivity index (χ3n) is 4.74. The number of hydrogen-bond donors (Lipinski definition) is 2. The topological polar surface area (TPSA) is 94.6 Å². The maximum absolute atomic E-state index is 12.6. The maximum atomic E-state index is 12.6. The van der Waals surface area contributed by atoms with Gasteiger partial charge in [-0.25, -0.2) is 4.79 Å². The van der Waals surface area contributed by atoms with E-state index in [1.54, 1.807) is 24.3 Å². The molecule has 0 saturated heterocycles. The molecule has 1 aromatic heterocycles. The van der Waals surface area contributed by atoms with Crippen LogP contribution in [0.2, 0.25) is 0 Å². The van der Waals surface area contributed by atoms with Crippen molar-refractivity contribution < 1.29 is 18.7 Å². The smallest absolute Gasteiger partial charge is 0.373 e. The van der Waals surface area contributed by atoms with Gasteiger partial charge in [-0.05, 0) is 44.0 Å². The molecule has 0 spiro atoms. The Balaban J connectivity index is 1.79. The molecule has 3 N–H and O–H groups in total. The van der Waals surface area contributed by atoms with Crippen molar-refractivity contribution in [1.29, 1.82) is 0 Å². The van der Waals surface area contributed by atoms with Gasteiger partial charge >= 0.3 is 5.97 Å². The Kier molecular flexibility index (Phi) is 4.32. The number of methoxy groups -OCH3 is 1. The van der Waals surface area contributed by atoms with Gasteiger partial charge in [-0.3, -0.25) is 4.79 Å². The average Bonchev–Trinajstić information content (AvgIpc) is 2.96. The Morgan fingerprint density at radius 3 is 2.83 bits per heavy atom. The molecule has 1 aromatic carbocycles. The summed E-state index contributed by atoms with van der Waals surface area (Å²) in [7, 11) is 1.30. The van der Waals surface area contributed by atoms with E-state index in [1.165, 1.54) is 7.11 Å². The van der Waals surface area contributed by atoms with Gasteiger partial charge in [-0.2, -0.15) is 0 Å². The van der Waals surface area contributed by atoms with Crippen molar-refractivity contribution in [2.24, 2.45) is 11.7 Å². The van der Waals surface area contributed by atoms with Crippen LogP contribution in [-0.4, -0.2) is 24.5 Å². The van der Waals surface area contributed by atoms with Gasteiger partial charge < -0.3 is 20.2 Å². The van der Waals surface area contributed by atoms with Crippen LogP contribution in [0.3, 0.4) is 0 Å². The van der Waals surface area contributed by atoms with Crippen LogP contribution in [0.5, 0.6) is 0 Å². The van der Waals surface area contributed by atoms with Gasteiger partial charge in [-0.1, -0.05) is 12.8 Å². The van der Waals surface area contributed by atoms with Crippen LogP contribution >= 0.6 is 0 Å². The second-order valence-corrected chi connectivity index (χ2v) is 6.65. The minimum absolute atomic E-state index is 0.0595. The summed E-state index contributed by atoms with van der Waals surface area (Å²) in [6, 6.07) is 6.85. The average molecular weight is 330 g/mol. The number of anilines is 1. The molecule has 0 bridgehead atoms. The Hall–Kier alpha value is -2.34. The van der Waals surface area contributed by atoms with Crippen molar-refractivity contribution in [3.05, 3.63) is 30.0 Å². The van der Waals surface area contributed by atoms with E-state index < -0.39 is 11.5 Å². The van der Waals surface area contributed by atoms with E-state index >= 15 is 0 Å². The quantitative estimate of drug-likeness (QED) is 0.843. The largest absolute Gasteiger partial charge is 0.463 e. The fourth-order valence-corrected chi connectivity index (χ4v) is 3.34. The summed E-state index contributed by atoms with van der Waals surface area (Å²) in [5.41, 5.74) is 7.04. The lowest BCUT2D eigenvalue weighted by molar-refractivity contribution is -0.122. The number of carbonyl (C=O) groups is 2. The van der Waals surface area contributed by atoms with Gasteiger partial charge in [0.2, 0.25) is 11.7 Å². The fraction of sp³-hybridized carbons (Fsp3) is 0.444. The zero-order valence-electron chi connectivity index (χ0n) is 13.9. The zero-order valence-corrected chi connectivity index (χ0v) is 13.9. The number of nitrogens with one attached hydrogen (secondary N) is 1. The third kappa shape index (κ3) is 3.14. The van der Waals surface area contributed by atoms with E-state index in [2.05, 4.69) is 10.1 Å². The van der Waals surface area contributed by atoms with Gasteiger partial charge in [0.1, 0.15) is 5.58 Å². The summed E-state index contributed by atoms with van der Waals surface area (Å²) in [4.78, 5) is 24.1. The predicted octanol–water partition coefficient (Wildman–Crippen LogP) is 3.07. The summed E-state index contributed by atoms with van der Waals surface area (Å²) in [5, 5.41) is 3.66. The van der Waals surface area contributed by atoms with Crippen LogP contribution in [0, 0.1) is 5.92 Å². The Labute approximate surface area is 140 Å². The zero-order chi connectivity index (χ0) is 17.3. The highest BCUT2D eigenvalue weighted by atomic mass is 16.5. The van der Waals surface area contributed by atoms with E-state index in [-0.39, 0.29) is 17.6 Å². The third-order valence-corrected chi connectivity index (χ3v) is 4.74. The minimum Gasteiger partial charge on any atom is -0.463 e. The normalized spacial score (nSPS) is 23.9. The second-order valence-electron chi connectivity index (χ2n) is 6.65. The molecular weight excluding hydrogens is 308 g/mol. The predicted molar refractivity (Wildman–Crippen MR) is 90.7 cm³/mol. The summed E-state index contributed by atoms with van der Waals surface area (Å²) in [6.45, 7) is 1.94. The van der Waals surface area contributed by atoms with Crippen molar-refractivity contribution in [3.63, 3.8) is 0 Å². The molecule has 2 aromatic rings. The van der Waals surface area contributed by atoms with Crippen molar-refractivity contribution in [1.82, 2.24) is 0 Å². The fourth-order valence-electron chi connectivity index (χ4n) is 3.34. The molecule has 1 saturated carbocycles. The monoisotopic (exact) mass is 330 g/mol. The molecular formula is C18H22N2O4. The van der Waals surface area contributed by atoms with Gasteiger partial charge in [0.25, 0.3) is 0 Å². The molecule has 1 amide bonds. The van der Waals surface area contributed by atoms with Crippen molar-refractivity contribution >= 4 is 28.5 Å². The number of ether oxygens (including phenoxy) is 1. The van der Waals surface area contributed by atoms with Crippen LogP contribution in [0.25, 0.3) is 11.0 Å². The van der Waals surface area contributed by atoms with E-state index in [1.807, 2.05) is 6.92 Å². The molecule has 1 aliphatic carbocycles. The maximum Gasteiger partial charge on any atom is 0.373 e. The first kappa shape index (κ1) is 16.5. The molecule has 3 rings (SSSR count).